The normalized spacial score (nSPS) is 13.0. The third-order valence-electron chi connectivity index (χ3n) is 4.89. The van der Waals surface area contributed by atoms with Crippen molar-refractivity contribution >= 4 is 17.6 Å². The van der Waals surface area contributed by atoms with Gasteiger partial charge in [0.1, 0.15) is 17.2 Å². The van der Waals surface area contributed by atoms with Crippen LogP contribution in [0.15, 0.2) is 42.5 Å². The molecule has 4 rings (SSSR count). The maximum Gasteiger partial charge on any atom is 0.364 e. The maximum absolute atomic E-state index is 12.4. The Morgan fingerprint density at radius 2 is 1.88 bits per heavy atom. The van der Waals surface area contributed by atoms with Crippen molar-refractivity contribution in [3.63, 3.8) is 0 Å². The highest BCUT2D eigenvalue weighted by molar-refractivity contribution is 6.30. The van der Waals surface area contributed by atoms with Gasteiger partial charge < -0.3 is 18.9 Å². The monoisotopic (exact) mass is 457 g/mol. The van der Waals surface area contributed by atoms with E-state index in [2.05, 4.69) is 10.3 Å². The first-order valence-corrected chi connectivity index (χ1v) is 10.8. The molecule has 1 aliphatic rings. The fourth-order valence-corrected chi connectivity index (χ4v) is 3.24. The van der Waals surface area contributed by atoms with Crippen molar-refractivity contribution in [1.82, 2.24) is 15.0 Å². The van der Waals surface area contributed by atoms with Gasteiger partial charge in [0, 0.05) is 11.1 Å². The summed E-state index contributed by atoms with van der Waals surface area (Å²) in [6.45, 7) is 2.91. The molecule has 1 saturated carbocycles. The SMILES string of the molecule is CCOC(=O)c1nnn(Cc2ccc(OC)cc2)c1Oc1cc(Cl)cc(OCC2CC2)c1. The maximum atomic E-state index is 12.4. The van der Waals surface area contributed by atoms with Crippen LogP contribution >= 0.6 is 11.6 Å². The second-order valence-corrected chi connectivity index (χ2v) is 7.88. The number of rotatable bonds is 10. The molecule has 0 aliphatic heterocycles. The van der Waals surface area contributed by atoms with E-state index in [1.54, 1.807) is 32.2 Å². The zero-order valence-electron chi connectivity index (χ0n) is 17.9. The van der Waals surface area contributed by atoms with E-state index in [0.717, 1.165) is 11.3 Å². The first kappa shape index (κ1) is 22.0. The van der Waals surface area contributed by atoms with Crippen LogP contribution in [0, 0.1) is 5.92 Å². The molecular weight excluding hydrogens is 434 g/mol. The Kier molecular flexibility index (Phi) is 6.80. The topological polar surface area (TPSA) is 84.7 Å². The van der Waals surface area contributed by atoms with E-state index < -0.39 is 5.97 Å². The first-order valence-electron chi connectivity index (χ1n) is 10.4. The van der Waals surface area contributed by atoms with Crippen LogP contribution in [0.3, 0.4) is 0 Å². The number of carbonyl (C=O) groups excluding carboxylic acids is 1. The Labute approximate surface area is 191 Å². The van der Waals surface area contributed by atoms with Crippen molar-refractivity contribution in [2.75, 3.05) is 20.3 Å². The molecule has 0 N–H and O–H groups in total. The van der Waals surface area contributed by atoms with Gasteiger partial charge in [-0.25, -0.2) is 9.48 Å². The molecule has 1 fully saturated rings. The van der Waals surface area contributed by atoms with Gasteiger partial charge in [-0.2, -0.15) is 0 Å². The highest BCUT2D eigenvalue weighted by Crippen LogP contribution is 2.34. The van der Waals surface area contributed by atoms with Crippen molar-refractivity contribution in [2.24, 2.45) is 5.92 Å². The van der Waals surface area contributed by atoms with Crippen LogP contribution in [0.5, 0.6) is 23.1 Å². The summed E-state index contributed by atoms with van der Waals surface area (Å²) in [4.78, 5) is 12.4. The standard InChI is InChI=1S/C23H24ClN3O5/c1-3-30-23(28)21-22(27(26-25-21)13-15-6-8-18(29-2)9-7-15)32-20-11-17(24)10-19(12-20)31-14-16-4-5-16/h6-12,16H,3-5,13-14H2,1-2H3. The van der Waals surface area contributed by atoms with E-state index in [-0.39, 0.29) is 18.2 Å². The van der Waals surface area contributed by atoms with Gasteiger partial charge in [-0.15, -0.1) is 5.10 Å². The Bertz CT molecular complexity index is 1080. The lowest BCUT2D eigenvalue weighted by Crippen LogP contribution is -2.09. The van der Waals surface area contributed by atoms with Gasteiger partial charge in [0.25, 0.3) is 5.88 Å². The van der Waals surface area contributed by atoms with Crippen LogP contribution in [0.25, 0.3) is 0 Å². The summed E-state index contributed by atoms with van der Waals surface area (Å²) in [7, 11) is 1.61. The molecular formula is C23H24ClN3O5. The lowest BCUT2D eigenvalue weighted by atomic mass is 10.2. The molecule has 8 nitrogen and oxygen atoms in total. The minimum atomic E-state index is -0.615. The zero-order chi connectivity index (χ0) is 22.5. The molecule has 0 spiro atoms. The van der Waals surface area contributed by atoms with Crippen molar-refractivity contribution in [3.8, 4) is 23.1 Å². The third kappa shape index (κ3) is 5.50. The Hall–Kier alpha value is -3.26. The molecule has 0 saturated heterocycles. The van der Waals surface area contributed by atoms with E-state index in [9.17, 15) is 4.79 Å². The van der Waals surface area contributed by atoms with E-state index in [1.807, 2.05) is 24.3 Å². The molecule has 1 heterocycles. The van der Waals surface area contributed by atoms with E-state index >= 15 is 0 Å². The molecule has 1 aromatic heterocycles. The second-order valence-electron chi connectivity index (χ2n) is 7.45. The van der Waals surface area contributed by atoms with Crippen LogP contribution in [0.2, 0.25) is 5.02 Å². The summed E-state index contributed by atoms with van der Waals surface area (Å²) in [5.41, 5.74) is 0.913. The van der Waals surface area contributed by atoms with E-state index in [4.69, 9.17) is 30.5 Å². The number of hydrogen-bond acceptors (Lipinski definition) is 7. The third-order valence-corrected chi connectivity index (χ3v) is 5.11. The molecule has 0 atom stereocenters. The molecule has 0 radical (unpaired) electrons. The largest absolute Gasteiger partial charge is 0.497 e. The van der Waals surface area contributed by atoms with E-state index in [1.165, 1.54) is 17.5 Å². The number of ether oxygens (including phenoxy) is 4. The zero-order valence-corrected chi connectivity index (χ0v) is 18.7. The summed E-state index contributed by atoms with van der Waals surface area (Å²) in [6.07, 6.45) is 2.37. The summed E-state index contributed by atoms with van der Waals surface area (Å²) < 4.78 is 23.7. The summed E-state index contributed by atoms with van der Waals surface area (Å²) >= 11 is 6.27. The Balaban J connectivity index is 1.61. The number of nitrogens with zero attached hydrogens (tertiary/aromatic N) is 3. The van der Waals surface area contributed by atoms with Crippen LogP contribution in [0.1, 0.15) is 35.8 Å². The van der Waals surface area contributed by atoms with Gasteiger partial charge in [-0.1, -0.05) is 28.9 Å². The highest BCUT2D eigenvalue weighted by atomic mass is 35.5. The lowest BCUT2D eigenvalue weighted by molar-refractivity contribution is 0.0516. The summed E-state index contributed by atoms with van der Waals surface area (Å²) in [5, 5.41) is 8.57. The smallest absolute Gasteiger partial charge is 0.364 e. The molecule has 168 valence electrons. The second kappa shape index (κ2) is 9.91. The van der Waals surface area contributed by atoms with E-state index in [0.29, 0.717) is 35.6 Å². The summed E-state index contributed by atoms with van der Waals surface area (Å²) in [6, 6.07) is 12.6. The predicted octanol–water partition coefficient (Wildman–Crippen LogP) is 4.75. The van der Waals surface area contributed by atoms with Crippen molar-refractivity contribution in [2.45, 2.75) is 26.3 Å². The van der Waals surface area contributed by atoms with Crippen LogP contribution in [0.4, 0.5) is 0 Å². The van der Waals surface area contributed by atoms with Gasteiger partial charge >= 0.3 is 5.97 Å². The number of aromatic nitrogens is 3. The molecule has 3 aromatic rings. The van der Waals surface area contributed by atoms with Gasteiger partial charge in [-0.3, -0.25) is 0 Å². The quantitative estimate of drug-likeness (QED) is 0.406. The number of carbonyl (C=O) groups is 1. The minimum Gasteiger partial charge on any atom is -0.497 e. The van der Waals surface area contributed by atoms with Crippen molar-refractivity contribution in [3.05, 3.63) is 58.7 Å². The molecule has 0 amide bonds. The Morgan fingerprint density at radius 3 is 2.56 bits per heavy atom. The molecule has 1 aliphatic carbocycles. The highest BCUT2D eigenvalue weighted by Gasteiger charge is 2.25. The van der Waals surface area contributed by atoms with Crippen LogP contribution in [-0.4, -0.2) is 41.3 Å². The lowest BCUT2D eigenvalue weighted by Gasteiger charge is -2.12. The van der Waals surface area contributed by atoms with Crippen LogP contribution in [-0.2, 0) is 11.3 Å². The van der Waals surface area contributed by atoms with Crippen molar-refractivity contribution < 1.29 is 23.7 Å². The Morgan fingerprint density at radius 1 is 1.12 bits per heavy atom. The van der Waals surface area contributed by atoms with Crippen molar-refractivity contribution in [1.29, 1.82) is 0 Å². The van der Waals surface area contributed by atoms with Gasteiger partial charge in [0.2, 0.25) is 5.69 Å². The average Bonchev–Trinajstić information content (AvgIpc) is 3.54. The van der Waals surface area contributed by atoms with Gasteiger partial charge in [0.05, 0.1) is 26.9 Å². The van der Waals surface area contributed by atoms with Gasteiger partial charge in [0.15, 0.2) is 0 Å². The predicted molar refractivity (Wildman–Crippen MR) is 118 cm³/mol. The molecule has 2 aromatic carbocycles. The number of methoxy groups -OCH3 is 1. The number of hydrogen-bond donors (Lipinski definition) is 0. The fraction of sp³-hybridized carbons (Fsp3) is 0.348. The first-order chi connectivity index (χ1) is 15.6. The molecule has 0 bridgehead atoms. The molecule has 32 heavy (non-hydrogen) atoms. The van der Waals surface area contributed by atoms with Crippen LogP contribution < -0.4 is 14.2 Å². The average molecular weight is 458 g/mol. The fourth-order valence-electron chi connectivity index (χ4n) is 3.03. The molecule has 0 unspecified atom stereocenters. The number of halogens is 1. The minimum absolute atomic E-state index is 0.0132. The molecule has 9 heteroatoms. The number of esters is 1. The number of benzene rings is 2. The van der Waals surface area contributed by atoms with Gasteiger partial charge in [-0.05, 0) is 55.5 Å². The summed E-state index contributed by atoms with van der Waals surface area (Å²) in [5.74, 6) is 1.90.